The normalized spacial score (nSPS) is 14.1. The number of amides is 4. The standard InChI is InChI=1S/C16H19N3O5/c1-18-10-14(21)19(16(18)23)9-3-4-13(20)17-12-7-5-11(6-8-12)15(22)24-2/h5-8H,3-4,9-10H2,1-2H3,(H,17,20). The van der Waals surface area contributed by atoms with Crippen LogP contribution in [0, 0.1) is 0 Å². The van der Waals surface area contributed by atoms with E-state index in [0.717, 1.165) is 4.90 Å². The van der Waals surface area contributed by atoms with Crippen molar-refractivity contribution in [2.24, 2.45) is 0 Å². The summed E-state index contributed by atoms with van der Waals surface area (Å²) in [7, 11) is 2.86. The van der Waals surface area contributed by atoms with E-state index < -0.39 is 5.97 Å². The molecule has 2 rings (SSSR count). The van der Waals surface area contributed by atoms with Crippen molar-refractivity contribution in [1.82, 2.24) is 9.80 Å². The lowest BCUT2D eigenvalue weighted by molar-refractivity contribution is -0.125. The molecule has 0 atom stereocenters. The number of benzene rings is 1. The van der Waals surface area contributed by atoms with Gasteiger partial charge in [-0.25, -0.2) is 9.59 Å². The average Bonchev–Trinajstić information content (AvgIpc) is 2.81. The van der Waals surface area contributed by atoms with Crippen LogP contribution in [0.3, 0.4) is 0 Å². The van der Waals surface area contributed by atoms with Crippen molar-refractivity contribution in [2.75, 3.05) is 32.6 Å². The summed E-state index contributed by atoms with van der Waals surface area (Å²) in [6, 6.07) is 5.98. The van der Waals surface area contributed by atoms with E-state index in [0.29, 0.717) is 17.7 Å². The van der Waals surface area contributed by atoms with E-state index >= 15 is 0 Å². The van der Waals surface area contributed by atoms with Gasteiger partial charge in [0.1, 0.15) is 6.54 Å². The van der Waals surface area contributed by atoms with Crippen molar-refractivity contribution in [1.29, 1.82) is 0 Å². The zero-order valence-corrected chi connectivity index (χ0v) is 13.6. The predicted molar refractivity (Wildman–Crippen MR) is 85.4 cm³/mol. The summed E-state index contributed by atoms with van der Waals surface area (Å²) in [5.41, 5.74) is 0.950. The quantitative estimate of drug-likeness (QED) is 0.621. The first-order chi connectivity index (χ1) is 11.4. The summed E-state index contributed by atoms with van der Waals surface area (Å²) >= 11 is 0. The maximum Gasteiger partial charge on any atom is 0.337 e. The minimum Gasteiger partial charge on any atom is -0.465 e. The van der Waals surface area contributed by atoms with Gasteiger partial charge in [0, 0.05) is 25.7 Å². The maximum atomic E-state index is 11.9. The van der Waals surface area contributed by atoms with Gasteiger partial charge in [0.05, 0.1) is 12.7 Å². The molecule has 24 heavy (non-hydrogen) atoms. The number of hydrogen-bond donors (Lipinski definition) is 1. The number of nitrogens with zero attached hydrogens (tertiary/aromatic N) is 2. The van der Waals surface area contributed by atoms with Crippen LogP contribution in [0.1, 0.15) is 23.2 Å². The molecule has 1 aromatic carbocycles. The zero-order valence-electron chi connectivity index (χ0n) is 13.6. The molecule has 8 heteroatoms. The van der Waals surface area contributed by atoms with Gasteiger partial charge in [-0.05, 0) is 30.7 Å². The first-order valence-electron chi connectivity index (χ1n) is 7.46. The molecule has 128 valence electrons. The third-order valence-corrected chi connectivity index (χ3v) is 3.61. The number of carbonyl (C=O) groups is 4. The molecular formula is C16H19N3O5. The fourth-order valence-corrected chi connectivity index (χ4v) is 2.32. The minimum atomic E-state index is -0.446. The Balaban J connectivity index is 1.78. The molecule has 1 fully saturated rings. The average molecular weight is 333 g/mol. The number of likely N-dealkylation sites (N-methyl/N-ethyl adjacent to an activating group) is 1. The van der Waals surface area contributed by atoms with Crippen molar-refractivity contribution in [2.45, 2.75) is 12.8 Å². The number of rotatable bonds is 6. The van der Waals surface area contributed by atoms with Crippen LogP contribution >= 0.6 is 0 Å². The van der Waals surface area contributed by atoms with Gasteiger partial charge in [-0.2, -0.15) is 0 Å². The summed E-state index contributed by atoms with van der Waals surface area (Å²) in [6.45, 7) is 0.300. The molecule has 1 aromatic rings. The van der Waals surface area contributed by atoms with Gasteiger partial charge >= 0.3 is 12.0 Å². The topological polar surface area (TPSA) is 96.0 Å². The molecule has 0 unspecified atom stereocenters. The Hall–Kier alpha value is -2.90. The highest BCUT2D eigenvalue weighted by atomic mass is 16.5. The number of hydrogen-bond acceptors (Lipinski definition) is 5. The molecule has 1 heterocycles. The lowest BCUT2D eigenvalue weighted by Gasteiger charge is -2.13. The number of esters is 1. The number of imide groups is 1. The first-order valence-corrected chi connectivity index (χ1v) is 7.46. The smallest absolute Gasteiger partial charge is 0.337 e. The molecule has 1 aliphatic heterocycles. The van der Waals surface area contributed by atoms with Crippen LogP contribution in [0.25, 0.3) is 0 Å². The molecule has 1 N–H and O–H groups in total. The van der Waals surface area contributed by atoms with Crippen molar-refractivity contribution in [3.05, 3.63) is 29.8 Å². The Bertz CT molecular complexity index is 656. The van der Waals surface area contributed by atoms with E-state index in [1.165, 1.54) is 12.0 Å². The Morgan fingerprint density at radius 3 is 2.42 bits per heavy atom. The number of carbonyl (C=O) groups excluding carboxylic acids is 4. The van der Waals surface area contributed by atoms with Crippen LogP contribution in [0.4, 0.5) is 10.5 Å². The second-order valence-electron chi connectivity index (χ2n) is 5.40. The van der Waals surface area contributed by atoms with Crippen LogP contribution in [0.2, 0.25) is 0 Å². The molecule has 1 aliphatic rings. The van der Waals surface area contributed by atoms with Crippen molar-refractivity contribution < 1.29 is 23.9 Å². The second kappa shape index (κ2) is 7.58. The van der Waals surface area contributed by atoms with Gasteiger partial charge in [-0.3, -0.25) is 14.5 Å². The number of methoxy groups -OCH3 is 1. The van der Waals surface area contributed by atoms with E-state index in [9.17, 15) is 19.2 Å². The van der Waals surface area contributed by atoms with E-state index in [2.05, 4.69) is 10.1 Å². The van der Waals surface area contributed by atoms with Crippen LogP contribution in [0.15, 0.2) is 24.3 Å². The molecular weight excluding hydrogens is 314 g/mol. The van der Waals surface area contributed by atoms with Crippen LogP contribution in [0.5, 0.6) is 0 Å². The van der Waals surface area contributed by atoms with Gasteiger partial charge in [-0.15, -0.1) is 0 Å². The van der Waals surface area contributed by atoms with E-state index in [-0.39, 0.29) is 37.4 Å². The predicted octanol–water partition coefficient (Wildman–Crippen LogP) is 1.09. The highest BCUT2D eigenvalue weighted by molar-refractivity contribution is 6.01. The molecule has 1 saturated heterocycles. The van der Waals surface area contributed by atoms with E-state index in [1.54, 1.807) is 31.3 Å². The van der Waals surface area contributed by atoms with Gasteiger partial charge in [0.2, 0.25) is 11.8 Å². The zero-order chi connectivity index (χ0) is 17.7. The fraction of sp³-hybridized carbons (Fsp3) is 0.375. The highest BCUT2D eigenvalue weighted by Crippen LogP contribution is 2.12. The Labute approximate surface area is 139 Å². The molecule has 0 aromatic heterocycles. The molecule has 0 radical (unpaired) electrons. The van der Waals surface area contributed by atoms with Gasteiger partial charge < -0.3 is 15.0 Å². The van der Waals surface area contributed by atoms with Crippen LogP contribution in [-0.2, 0) is 14.3 Å². The molecule has 0 spiro atoms. The van der Waals surface area contributed by atoms with Crippen molar-refractivity contribution in [3.63, 3.8) is 0 Å². The fourth-order valence-electron chi connectivity index (χ4n) is 2.32. The Morgan fingerprint density at radius 2 is 1.88 bits per heavy atom. The summed E-state index contributed by atoms with van der Waals surface area (Å²) in [6.07, 6.45) is 0.566. The van der Waals surface area contributed by atoms with Crippen LogP contribution < -0.4 is 5.32 Å². The Kier molecular flexibility index (Phi) is 5.51. The van der Waals surface area contributed by atoms with Crippen molar-refractivity contribution in [3.8, 4) is 0 Å². The number of nitrogens with one attached hydrogen (secondary N) is 1. The van der Waals surface area contributed by atoms with E-state index in [4.69, 9.17) is 0 Å². The van der Waals surface area contributed by atoms with Gasteiger partial charge in [0.15, 0.2) is 0 Å². The molecule has 0 aliphatic carbocycles. The number of anilines is 1. The summed E-state index contributed by atoms with van der Waals surface area (Å²) in [4.78, 5) is 49.0. The van der Waals surface area contributed by atoms with Crippen molar-refractivity contribution >= 4 is 29.5 Å². The lowest BCUT2D eigenvalue weighted by atomic mass is 10.2. The summed E-state index contributed by atoms with van der Waals surface area (Å²) in [5.74, 6) is -0.924. The summed E-state index contributed by atoms with van der Waals surface area (Å²) in [5, 5.41) is 2.69. The molecule has 0 saturated carbocycles. The lowest BCUT2D eigenvalue weighted by Crippen LogP contribution is -2.32. The second-order valence-corrected chi connectivity index (χ2v) is 5.40. The number of ether oxygens (including phenoxy) is 1. The third kappa shape index (κ3) is 4.09. The molecule has 0 bridgehead atoms. The SMILES string of the molecule is COC(=O)c1ccc(NC(=O)CCCN2C(=O)CN(C)C2=O)cc1. The van der Waals surface area contributed by atoms with Gasteiger partial charge in [0.25, 0.3) is 0 Å². The molecule has 4 amide bonds. The highest BCUT2D eigenvalue weighted by Gasteiger charge is 2.32. The molecule has 8 nitrogen and oxygen atoms in total. The van der Waals surface area contributed by atoms with Gasteiger partial charge in [-0.1, -0.05) is 0 Å². The Morgan fingerprint density at radius 1 is 1.21 bits per heavy atom. The maximum absolute atomic E-state index is 11.9. The largest absolute Gasteiger partial charge is 0.465 e. The monoisotopic (exact) mass is 333 g/mol. The minimum absolute atomic E-state index is 0.0809. The number of urea groups is 1. The third-order valence-electron chi connectivity index (χ3n) is 3.61. The van der Waals surface area contributed by atoms with E-state index in [1.807, 2.05) is 0 Å². The van der Waals surface area contributed by atoms with Crippen LogP contribution in [-0.4, -0.2) is 60.9 Å². The summed E-state index contributed by atoms with van der Waals surface area (Å²) < 4.78 is 4.59. The first kappa shape index (κ1) is 17.5.